The van der Waals surface area contributed by atoms with Gasteiger partial charge in [-0.25, -0.2) is 0 Å². The Hall–Kier alpha value is -7.28. The molecule has 11 aromatic carbocycles. The molecule has 0 nitrogen and oxygen atoms in total. The lowest BCUT2D eigenvalue weighted by Crippen LogP contribution is -2.15. The van der Waals surface area contributed by atoms with Crippen LogP contribution in [0, 0.1) is 0 Å². The van der Waals surface area contributed by atoms with Crippen molar-refractivity contribution < 1.29 is 0 Å². The standard InChI is InChI=1S/C59H40/c1-59(2)53-31-15-30-44(56(53)57-47-24-7-5-22-45(47)46-23-6-12-29-52(46)58(57)59)41-19-14-21-43(36-41)55-50-27-10-8-25-48(50)54(49-26-9-11-28-51(49)55)42-20-13-18-39(35-42)40-33-32-37-16-3-4-17-38(37)34-40/h3-36H,1-2H3. The molecule has 12 rings (SSSR count). The molecule has 59 heavy (non-hydrogen) atoms. The molecule has 0 spiro atoms. The van der Waals surface area contributed by atoms with E-state index in [2.05, 4.69) is 220 Å². The van der Waals surface area contributed by atoms with Crippen LogP contribution in [-0.4, -0.2) is 0 Å². The topological polar surface area (TPSA) is 0 Å². The van der Waals surface area contributed by atoms with E-state index in [1.165, 1.54) is 121 Å². The molecule has 1 aliphatic rings. The number of fused-ring (bicyclic) bond motifs is 11. The third kappa shape index (κ3) is 5.03. The van der Waals surface area contributed by atoms with E-state index in [1.54, 1.807) is 0 Å². The van der Waals surface area contributed by atoms with Crippen LogP contribution in [0.4, 0.5) is 0 Å². The van der Waals surface area contributed by atoms with E-state index < -0.39 is 0 Å². The summed E-state index contributed by atoms with van der Waals surface area (Å²) < 4.78 is 0. The second kappa shape index (κ2) is 12.9. The Morgan fingerprint density at radius 3 is 1.34 bits per heavy atom. The van der Waals surface area contributed by atoms with Crippen molar-refractivity contribution >= 4 is 53.9 Å². The highest BCUT2D eigenvalue weighted by Gasteiger charge is 2.39. The summed E-state index contributed by atoms with van der Waals surface area (Å²) in [5.41, 5.74) is 15.4. The first kappa shape index (κ1) is 33.8. The third-order valence-electron chi connectivity index (χ3n) is 13.2. The largest absolute Gasteiger partial charge is 0.0616 e. The maximum Gasteiger partial charge on any atom is 0.0165 e. The lowest BCUT2D eigenvalue weighted by atomic mass is 9.79. The monoisotopic (exact) mass is 748 g/mol. The molecule has 1 aliphatic carbocycles. The van der Waals surface area contributed by atoms with Crippen molar-refractivity contribution in [2.24, 2.45) is 0 Å². The van der Waals surface area contributed by atoms with Gasteiger partial charge in [0.2, 0.25) is 0 Å². The van der Waals surface area contributed by atoms with E-state index in [0.29, 0.717) is 0 Å². The van der Waals surface area contributed by atoms with Gasteiger partial charge in [-0.1, -0.05) is 202 Å². The van der Waals surface area contributed by atoms with Crippen molar-refractivity contribution in [3.05, 3.63) is 217 Å². The second-order valence-corrected chi connectivity index (χ2v) is 16.8. The van der Waals surface area contributed by atoms with Gasteiger partial charge in [-0.05, 0) is 139 Å². The van der Waals surface area contributed by atoms with Gasteiger partial charge < -0.3 is 0 Å². The first-order valence-electron chi connectivity index (χ1n) is 20.8. The fraction of sp³-hybridized carbons (Fsp3) is 0.0508. The summed E-state index contributed by atoms with van der Waals surface area (Å²) >= 11 is 0. The molecule has 0 unspecified atom stereocenters. The van der Waals surface area contributed by atoms with Gasteiger partial charge in [0.25, 0.3) is 0 Å². The average Bonchev–Trinajstić information content (AvgIpc) is 3.54. The zero-order chi connectivity index (χ0) is 39.2. The van der Waals surface area contributed by atoms with E-state index in [1.807, 2.05) is 0 Å². The van der Waals surface area contributed by atoms with Gasteiger partial charge in [0.15, 0.2) is 0 Å². The van der Waals surface area contributed by atoms with Crippen molar-refractivity contribution in [3.8, 4) is 55.6 Å². The fourth-order valence-electron chi connectivity index (χ4n) is 10.6. The number of hydrogen-bond acceptors (Lipinski definition) is 0. The van der Waals surface area contributed by atoms with Crippen LogP contribution >= 0.6 is 0 Å². The molecule has 0 saturated heterocycles. The highest BCUT2D eigenvalue weighted by Crippen LogP contribution is 2.57. The molecule has 276 valence electrons. The first-order valence-corrected chi connectivity index (χ1v) is 20.8. The van der Waals surface area contributed by atoms with Gasteiger partial charge in [0, 0.05) is 5.41 Å². The van der Waals surface area contributed by atoms with E-state index >= 15 is 0 Å². The molecular weight excluding hydrogens is 709 g/mol. The van der Waals surface area contributed by atoms with Gasteiger partial charge in [-0.2, -0.15) is 0 Å². The maximum absolute atomic E-state index is 2.44. The van der Waals surface area contributed by atoms with Gasteiger partial charge in [-0.15, -0.1) is 0 Å². The fourth-order valence-corrected chi connectivity index (χ4v) is 10.6. The summed E-state index contributed by atoms with van der Waals surface area (Å²) in [4.78, 5) is 0. The van der Waals surface area contributed by atoms with Crippen molar-refractivity contribution in [1.82, 2.24) is 0 Å². The molecule has 0 amide bonds. The SMILES string of the molecule is CC1(C)c2cccc(-c3cccc(-c4c5ccccc5c(-c5cccc(-c6ccc7ccccc7c6)c5)c5ccccc45)c3)c2-c2c1c1ccccc1c1ccccc21. The Morgan fingerprint density at radius 2 is 0.712 bits per heavy atom. The molecule has 0 aliphatic heterocycles. The molecule has 0 heteroatoms. The van der Waals surface area contributed by atoms with Gasteiger partial charge >= 0.3 is 0 Å². The van der Waals surface area contributed by atoms with Crippen LogP contribution in [0.15, 0.2) is 206 Å². The zero-order valence-electron chi connectivity index (χ0n) is 33.1. The Kier molecular flexibility index (Phi) is 7.38. The second-order valence-electron chi connectivity index (χ2n) is 16.8. The molecule has 0 saturated carbocycles. The Labute approximate surface area is 344 Å². The molecule has 0 atom stereocenters. The molecular formula is C59H40. The highest BCUT2D eigenvalue weighted by atomic mass is 14.4. The number of rotatable bonds is 4. The zero-order valence-corrected chi connectivity index (χ0v) is 33.1. The first-order chi connectivity index (χ1) is 29.0. The minimum atomic E-state index is -0.157. The number of hydrogen-bond donors (Lipinski definition) is 0. The van der Waals surface area contributed by atoms with Crippen LogP contribution < -0.4 is 0 Å². The summed E-state index contributed by atoms with van der Waals surface area (Å²) in [5.74, 6) is 0. The summed E-state index contributed by atoms with van der Waals surface area (Å²) in [6.45, 7) is 4.83. The lowest BCUT2D eigenvalue weighted by molar-refractivity contribution is 0.666. The normalized spacial score (nSPS) is 13.1. The molecule has 11 aromatic rings. The molecule has 0 bridgehead atoms. The van der Waals surface area contributed by atoms with Crippen LogP contribution in [-0.2, 0) is 5.41 Å². The molecule has 0 aromatic heterocycles. The van der Waals surface area contributed by atoms with E-state index in [0.717, 1.165) is 0 Å². The van der Waals surface area contributed by atoms with Crippen LogP contribution in [0.1, 0.15) is 25.0 Å². The summed E-state index contributed by atoms with van der Waals surface area (Å²) in [5, 5.41) is 12.9. The molecule has 0 heterocycles. The van der Waals surface area contributed by atoms with Crippen LogP contribution in [0.3, 0.4) is 0 Å². The van der Waals surface area contributed by atoms with Gasteiger partial charge in [-0.3, -0.25) is 0 Å². The van der Waals surface area contributed by atoms with E-state index in [4.69, 9.17) is 0 Å². The van der Waals surface area contributed by atoms with Crippen LogP contribution in [0.5, 0.6) is 0 Å². The Bertz CT molecular complexity index is 3470. The quantitative estimate of drug-likeness (QED) is 0.124. The van der Waals surface area contributed by atoms with E-state index in [-0.39, 0.29) is 5.41 Å². The van der Waals surface area contributed by atoms with Gasteiger partial charge in [0.05, 0.1) is 0 Å². The van der Waals surface area contributed by atoms with Crippen LogP contribution in [0.25, 0.3) is 109 Å². The summed E-state index contributed by atoms with van der Waals surface area (Å²) in [6, 6.07) is 76.8. The Balaban J connectivity index is 1.07. The minimum absolute atomic E-state index is 0.157. The van der Waals surface area contributed by atoms with Crippen molar-refractivity contribution in [3.63, 3.8) is 0 Å². The van der Waals surface area contributed by atoms with Crippen LogP contribution in [0.2, 0.25) is 0 Å². The summed E-state index contributed by atoms with van der Waals surface area (Å²) in [6.07, 6.45) is 0. The number of benzene rings is 11. The van der Waals surface area contributed by atoms with E-state index in [9.17, 15) is 0 Å². The van der Waals surface area contributed by atoms with Crippen molar-refractivity contribution in [2.75, 3.05) is 0 Å². The summed E-state index contributed by atoms with van der Waals surface area (Å²) in [7, 11) is 0. The highest BCUT2D eigenvalue weighted by molar-refractivity contribution is 6.22. The lowest BCUT2D eigenvalue weighted by Gasteiger charge is -2.24. The maximum atomic E-state index is 2.44. The smallest absolute Gasteiger partial charge is 0.0165 e. The molecule has 0 fully saturated rings. The Morgan fingerprint density at radius 1 is 0.271 bits per heavy atom. The predicted molar refractivity (Wildman–Crippen MR) is 253 cm³/mol. The predicted octanol–water partition coefficient (Wildman–Crippen LogP) is 16.4. The van der Waals surface area contributed by atoms with Gasteiger partial charge in [0.1, 0.15) is 0 Å². The molecule has 0 N–H and O–H groups in total. The third-order valence-corrected chi connectivity index (χ3v) is 13.2. The average molecular weight is 749 g/mol. The minimum Gasteiger partial charge on any atom is -0.0616 e. The van der Waals surface area contributed by atoms with Crippen molar-refractivity contribution in [2.45, 2.75) is 19.3 Å². The molecule has 0 radical (unpaired) electrons. The van der Waals surface area contributed by atoms with Crippen molar-refractivity contribution in [1.29, 1.82) is 0 Å².